The summed E-state index contributed by atoms with van der Waals surface area (Å²) in [4.78, 5) is 16.3. The van der Waals surface area contributed by atoms with Gasteiger partial charge < -0.3 is 15.5 Å². The molecule has 1 unspecified atom stereocenters. The second-order valence-corrected chi connectivity index (χ2v) is 6.00. The summed E-state index contributed by atoms with van der Waals surface area (Å²) in [6.07, 6.45) is 0.998. The molecular formula is C16H23N3OS. The molecule has 1 saturated heterocycles. The van der Waals surface area contributed by atoms with Gasteiger partial charge in [0.1, 0.15) is 0 Å². The van der Waals surface area contributed by atoms with Gasteiger partial charge >= 0.3 is 0 Å². The van der Waals surface area contributed by atoms with Gasteiger partial charge in [0.15, 0.2) is 0 Å². The molecule has 0 radical (unpaired) electrons. The van der Waals surface area contributed by atoms with Crippen LogP contribution < -0.4 is 5.73 Å². The van der Waals surface area contributed by atoms with Crippen LogP contribution in [0.15, 0.2) is 30.3 Å². The number of hydrogen-bond acceptors (Lipinski definition) is 3. The van der Waals surface area contributed by atoms with Crippen molar-refractivity contribution in [1.29, 1.82) is 0 Å². The molecule has 114 valence electrons. The van der Waals surface area contributed by atoms with Crippen molar-refractivity contribution in [2.75, 3.05) is 32.7 Å². The predicted molar refractivity (Wildman–Crippen MR) is 89.3 cm³/mol. The average Bonchev–Trinajstić information content (AvgIpc) is 2.71. The highest BCUT2D eigenvalue weighted by atomic mass is 32.1. The lowest BCUT2D eigenvalue weighted by Crippen LogP contribution is -2.37. The van der Waals surface area contributed by atoms with Crippen molar-refractivity contribution in [2.24, 2.45) is 5.73 Å². The van der Waals surface area contributed by atoms with Gasteiger partial charge in [-0.05, 0) is 18.5 Å². The van der Waals surface area contributed by atoms with E-state index in [1.165, 1.54) is 0 Å². The molecule has 0 spiro atoms. The van der Waals surface area contributed by atoms with Crippen molar-refractivity contribution in [1.82, 2.24) is 9.80 Å². The Balaban J connectivity index is 2.01. The Hall–Kier alpha value is -1.46. The highest BCUT2D eigenvalue weighted by molar-refractivity contribution is 7.80. The van der Waals surface area contributed by atoms with E-state index in [2.05, 4.69) is 17.0 Å². The third-order valence-corrected chi connectivity index (χ3v) is 4.30. The van der Waals surface area contributed by atoms with Crippen LogP contribution in [0, 0.1) is 0 Å². The van der Waals surface area contributed by atoms with E-state index in [1.54, 1.807) is 6.92 Å². The molecule has 4 nitrogen and oxygen atoms in total. The first-order valence-corrected chi connectivity index (χ1v) is 7.81. The maximum Gasteiger partial charge on any atom is 0.219 e. The molecule has 0 aliphatic carbocycles. The SMILES string of the molecule is CC(=O)N1CCCN(CC(C(N)=S)c2ccccc2)CC1. The molecule has 1 aliphatic rings. The second kappa shape index (κ2) is 7.52. The fourth-order valence-electron chi connectivity index (χ4n) is 2.77. The molecule has 1 aromatic carbocycles. The molecule has 0 saturated carbocycles. The summed E-state index contributed by atoms with van der Waals surface area (Å²) in [6.45, 7) is 5.95. The summed E-state index contributed by atoms with van der Waals surface area (Å²) < 4.78 is 0. The quantitative estimate of drug-likeness (QED) is 0.859. The van der Waals surface area contributed by atoms with Crippen LogP contribution in [-0.2, 0) is 4.79 Å². The van der Waals surface area contributed by atoms with E-state index in [-0.39, 0.29) is 11.8 Å². The van der Waals surface area contributed by atoms with Crippen LogP contribution in [0.4, 0.5) is 0 Å². The van der Waals surface area contributed by atoms with Crippen molar-refractivity contribution in [3.05, 3.63) is 35.9 Å². The first-order chi connectivity index (χ1) is 10.1. The van der Waals surface area contributed by atoms with Crippen molar-refractivity contribution >= 4 is 23.1 Å². The van der Waals surface area contributed by atoms with Crippen molar-refractivity contribution in [2.45, 2.75) is 19.3 Å². The maximum atomic E-state index is 11.5. The summed E-state index contributed by atoms with van der Waals surface area (Å²) >= 11 is 5.25. The molecule has 2 rings (SSSR count). The molecule has 1 aliphatic heterocycles. The van der Waals surface area contributed by atoms with E-state index >= 15 is 0 Å². The highest BCUT2D eigenvalue weighted by Gasteiger charge is 2.21. The number of carbonyl (C=O) groups excluding carboxylic acids is 1. The number of rotatable bonds is 4. The molecule has 5 heteroatoms. The van der Waals surface area contributed by atoms with Gasteiger partial charge in [-0.15, -0.1) is 0 Å². The molecule has 1 fully saturated rings. The van der Waals surface area contributed by atoms with Crippen molar-refractivity contribution < 1.29 is 4.79 Å². The minimum Gasteiger partial charge on any atom is -0.393 e. The Morgan fingerprint density at radius 3 is 2.57 bits per heavy atom. The summed E-state index contributed by atoms with van der Waals surface area (Å²) in [5.41, 5.74) is 7.11. The number of amides is 1. The third kappa shape index (κ3) is 4.51. The maximum absolute atomic E-state index is 11.5. The van der Waals surface area contributed by atoms with Crippen LogP contribution in [0.2, 0.25) is 0 Å². The Kier molecular flexibility index (Phi) is 5.70. The highest BCUT2D eigenvalue weighted by Crippen LogP contribution is 2.18. The van der Waals surface area contributed by atoms with Gasteiger partial charge in [0.2, 0.25) is 5.91 Å². The summed E-state index contributed by atoms with van der Waals surface area (Å²) in [5, 5.41) is 0. The fourth-order valence-corrected chi connectivity index (χ4v) is 2.98. The molecule has 1 aromatic rings. The molecule has 1 amide bonds. The third-order valence-electron chi connectivity index (χ3n) is 4.02. The number of thiocarbonyl (C=S) groups is 1. The first-order valence-electron chi connectivity index (χ1n) is 7.40. The van der Waals surface area contributed by atoms with Crippen LogP contribution in [0.25, 0.3) is 0 Å². The lowest BCUT2D eigenvalue weighted by molar-refractivity contribution is -0.128. The number of carbonyl (C=O) groups is 1. The zero-order valence-electron chi connectivity index (χ0n) is 12.5. The zero-order chi connectivity index (χ0) is 15.2. The standard InChI is InChI=1S/C16H23N3OS/c1-13(20)19-9-5-8-18(10-11-19)12-15(16(17)21)14-6-3-2-4-7-14/h2-4,6-7,15H,5,8-12H2,1H3,(H2,17,21). The molecule has 21 heavy (non-hydrogen) atoms. The van der Waals surface area contributed by atoms with Gasteiger partial charge in [0, 0.05) is 39.0 Å². The first kappa shape index (κ1) is 15.9. The van der Waals surface area contributed by atoms with E-state index in [1.807, 2.05) is 23.1 Å². The second-order valence-electron chi connectivity index (χ2n) is 5.53. The molecule has 0 aromatic heterocycles. The number of nitrogens with zero attached hydrogens (tertiary/aromatic N) is 2. The Morgan fingerprint density at radius 2 is 1.95 bits per heavy atom. The minimum atomic E-state index is 0.0741. The smallest absolute Gasteiger partial charge is 0.219 e. The fraction of sp³-hybridized carbons (Fsp3) is 0.500. The summed E-state index contributed by atoms with van der Waals surface area (Å²) in [6, 6.07) is 10.2. The van der Waals surface area contributed by atoms with Crippen LogP contribution in [0.1, 0.15) is 24.8 Å². The van der Waals surface area contributed by atoms with Crippen LogP contribution in [0.5, 0.6) is 0 Å². The minimum absolute atomic E-state index is 0.0741. The number of nitrogens with two attached hydrogens (primary N) is 1. The van der Waals surface area contributed by atoms with Crippen LogP contribution in [-0.4, -0.2) is 53.4 Å². The molecular weight excluding hydrogens is 282 g/mol. The zero-order valence-corrected chi connectivity index (χ0v) is 13.3. The number of hydrogen-bond donors (Lipinski definition) is 1. The van der Waals surface area contributed by atoms with E-state index in [9.17, 15) is 4.79 Å². The molecule has 1 atom stereocenters. The van der Waals surface area contributed by atoms with E-state index in [0.717, 1.165) is 44.7 Å². The van der Waals surface area contributed by atoms with Gasteiger partial charge in [0.25, 0.3) is 0 Å². The lowest BCUT2D eigenvalue weighted by atomic mass is 9.98. The topological polar surface area (TPSA) is 49.6 Å². The largest absolute Gasteiger partial charge is 0.393 e. The van der Waals surface area contributed by atoms with Gasteiger partial charge in [-0.3, -0.25) is 4.79 Å². The Labute approximate surface area is 131 Å². The normalized spacial score (nSPS) is 18.0. The van der Waals surface area contributed by atoms with Crippen LogP contribution in [0.3, 0.4) is 0 Å². The lowest BCUT2D eigenvalue weighted by Gasteiger charge is -2.26. The predicted octanol–water partition coefficient (Wildman–Crippen LogP) is 1.61. The molecule has 2 N–H and O–H groups in total. The van der Waals surface area contributed by atoms with Crippen LogP contribution >= 0.6 is 12.2 Å². The average molecular weight is 305 g/mol. The monoisotopic (exact) mass is 305 g/mol. The number of benzene rings is 1. The summed E-state index contributed by atoms with van der Waals surface area (Å²) in [7, 11) is 0. The van der Waals surface area contributed by atoms with E-state index in [0.29, 0.717) is 4.99 Å². The Bertz CT molecular complexity index is 492. The van der Waals surface area contributed by atoms with E-state index < -0.39 is 0 Å². The van der Waals surface area contributed by atoms with Gasteiger partial charge in [-0.1, -0.05) is 42.5 Å². The van der Waals surface area contributed by atoms with Gasteiger partial charge in [0.05, 0.1) is 4.99 Å². The van der Waals surface area contributed by atoms with Crippen molar-refractivity contribution in [3.63, 3.8) is 0 Å². The van der Waals surface area contributed by atoms with E-state index in [4.69, 9.17) is 18.0 Å². The van der Waals surface area contributed by atoms with Gasteiger partial charge in [-0.25, -0.2) is 0 Å². The molecule has 1 heterocycles. The van der Waals surface area contributed by atoms with Gasteiger partial charge in [-0.2, -0.15) is 0 Å². The van der Waals surface area contributed by atoms with Crippen molar-refractivity contribution in [3.8, 4) is 0 Å². The molecule has 0 bridgehead atoms. The summed E-state index contributed by atoms with van der Waals surface area (Å²) in [5.74, 6) is 0.232. The Morgan fingerprint density at radius 1 is 1.24 bits per heavy atom.